The Hall–Kier alpha value is -1.71. The fraction of sp³-hybridized carbons (Fsp3) is 0.412. The minimum absolute atomic E-state index is 0.192. The van der Waals surface area contributed by atoms with Crippen LogP contribution in [-0.4, -0.2) is 55.7 Å². The number of aromatic nitrogens is 2. The molecular weight excluding hydrogens is 420 g/mol. The molecule has 26 heavy (non-hydrogen) atoms. The number of rotatable bonds is 5. The molecule has 140 valence electrons. The van der Waals surface area contributed by atoms with Crippen LogP contribution in [0.2, 0.25) is 0 Å². The SMILES string of the molecule is CCOc1ccc(Br)cc1S(=O)(=O)N1CCN(c2ccc(C)nn2)CC1. The Morgan fingerprint density at radius 2 is 1.85 bits per heavy atom. The van der Waals surface area contributed by atoms with Gasteiger partial charge in [-0.2, -0.15) is 9.40 Å². The third-order valence-corrected chi connectivity index (χ3v) is 6.58. The highest BCUT2D eigenvalue weighted by Gasteiger charge is 2.31. The van der Waals surface area contributed by atoms with Gasteiger partial charge in [-0.05, 0) is 44.2 Å². The fourth-order valence-electron chi connectivity index (χ4n) is 2.82. The minimum atomic E-state index is -3.63. The molecule has 0 N–H and O–H groups in total. The number of piperazine rings is 1. The first-order chi connectivity index (χ1) is 12.4. The molecular formula is C17H21BrN4O3S. The van der Waals surface area contributed by atoms with Crippen LogP contribution >= 0.6 is 15.9 Å². The number of benzene rings is 1. The minimum Gasteiger partial charge on any atom is -0.492 e. The summed E-state index contributed by atoms with van der Waals surface area (Å²) >= 11 is 3.35. The van der Waals surface area contributed by atoms with E-state index in [4.69, 9.17) is 4.74 Å². The first kappa shape index (κ1) is 19.1. The van der Waals surface area contributed by atoms with Gasteiger partial charge in [-0.1, -0.05) is 15.9 Å². The first-order valence-electron chi connectivity index (χ1n) is 8.39. The molecule has 0 atom stereocenters. The van der Waals surface area contributed by atoms with E-state index in [0.717, 1.165) is 11.5 Å². The summed E-state index contributed by atoms with van der Waals surface area (Å²) in [7, 11) is -3.63. The monoisotopic (exact) mass is 440 g/mol. The van der Waals surface area contributed by atoms with Gasteiger partial charge in [-0.25, -0.2) is 8.42 Å². The maximum Gasteiger partial charge on any atom is 0.246 e. The van der Waals surface area contributed by atoms with E-state index in [1.165, 1.54) is 4.31 Å². The molecule has 1 aromatic carbocycles. The molecule has 0 saturated carbocycles. The summed E-state index contributed by atoms with van der Waals surface area (Å²) in [5.41, 5.74) is 0.855. The number of ether oxygens (including phenoxy) is 1. The lowest BCUT2D eigenvalue weighted by Crippen LogP contribution is -2.49. The highest BCUT2D eigenvalue weighted by Crippen LogP contribution is 2.30. The molecule has 1 saturated heterocycles. The number of sulfonamides is 1. The molecule has 0 unspecified atom stereocenters. The molecule has 0 bridgehead atoms. The quantitative estimate of drug-likeness (QED) is 0.710. The van der Waals surface area contributed by atoms with E-state index in [1.54, 1.807) is 18.2 Å². The summed E-state index contributed by atoms with van der Waals surface area (Å²) < 4.78 is 33.9. The molecule has 1 aromatic heterocycles. The number of aryl methyl sites for hydroxylation is 1. The Labute approximate surface area is 162 Å². The van der Waals surface area contributed by atoms with E-state index in [1.807, 2.05) is 30.9 Å². The van der Waals surface area contributed by atoms with Crippen molar-refractivity contribution in [3.63, 3.8) is 0 Å². The van der Waals surface area contributed by atoms with Gasteiger partial charge >= 0.3 is 0 Å². The van der Waals surface area contributed by atoms with E-state index in [-0.39, 0.29) is 4.90 Å². The Bertz CT molecular complexity index is 866. The van der Waals surface area contributed by atoms with Gasteiger partial charge in [0.2, 0.25) is 10.0 Å². The van der Waals surface area contributed by atoms with Crippen LogP contribution in [0.1, 0.15) is 12.6 Å². The zero-order chi connectivity index (χ0) is 18.7. The zero-order valence-electron chi connectivity index (χ0n) is 14.7. The summed E-state index contributed by atoms with van der Waals surface area (Å²) in [5.74, 6) is 1.15. The maximum absolute atomic E-state index is 13.1. The molecule has 2 aromatic rings. The fourth-order valence-corrected chi connectivity index (χ4v) is 4.91. The zero-order valence-corrected chi connectivity index (χ0v) is 17.1. The molecule has 7 nitrogen and oxygen atoms in total. The summed E-state index contributed by atoms with van der Waals surface area (Å²) in [5, 5.41) is 8.25. The van der Waals surface area contributed by atoms with Crippen LogP contribution in [0.3, 0.4) is 0 Å². The van der Waals surface area contributed by atoms with Crippen molar-refractivity contribution in [2.24, 2.45) is 0 Å². The summed E-state index contributed by atoms with van der Waals surface area (Å²) in [6, 6.07) is 8.87. The Kier molecular flexibility index (Phi) is 5.79. The van der Waals surface area contributed by atoms with Crippen LogP contribution in [-0.2, 0) is 10.0 Å². The van der Waals surface area contributed by atoms with Crippen molar-refractivity contribution in [2.45, 2.75) is 18.7 Å². The molecule has 1 fully saturated rings. The standard InChI is InChI=1S/C17H21BrN4O3S/c1-3-25-15-6-5-14(18)12-16(15)26(23,24)22-10-8-21(9-11-22)17-7-4-13(2)19-20-17/h4-7,12H,3,8-11H2,1-2H3. The van der Waals surface area contributed by atoms with Crippen LogP contribution in [0.5, 0.6) is 5.75 Å². The molecule has 0 spiro atoms. The van der Waals surface area contributed by atoms with Crippen molar-refractivity contribution < 1.29 is 13.2 Å². The predicted octanol–water partition coefficient (Wildman–Crippen LogP) is 2.46. The summed E-state index contributed by atoms with van der Waals surface area (Å²) in [4.78, 5) is 2.24. The number of halogens is 1. The number of nitrogens with zero attached hydrogens (tertiary/aromatic N) is 4. The number of hydrogen-bond acceptors (Lipinski definition) is 6. The van der Waals surface area contributed by atoms with Gasteiger partial charge < -0.3 is 9.64 Å². The Morgan fingerprint density at radius 1 is 1.12 bits per heavy atom. The van der Waals surface area contributed by atoms with Crippen molar-refractivity contribution in [2.75, 3.05) is 37.7 Å². The van der Waals surface area contributed by atoms with E-state index >= 15 is 0 Å². The highest BCUT2D eigenvalue weighted by atomic mass is 79.9. The number of anilines is 1. The van der Waals surface area contributed by atoms with Crippen LogP contribution < -0.4 is 9.64 Å². The summed E-state index contributed by atoms with van der Waals surface area (Å²) in [6.07, 6.45) is 0. The maximum atomic E-state index is 13.1. The molecule has 0 amide bonds. The van der Waals surface area contributed by atoms with Crippen molar-refractivity contribution in [3.8, 4) is 5.75 Å². The van der Waals surface area contributed by atoms with Crippen LogP contribution in [0.15, 0.2) is 39.7 Å². The van der Waals surface area contributed by atoms with Gasteiger partial charge in [0, 0.05) is 30.7 Å². The molecule has 0 radical (unpaired) electrons. The van der Waals surface area contributed by atoms with Crippen LogP contribution in [0.25, 0.3) is 0 Å². The van der Waals surface area contributed by atoms with E-state index in [0.29, 0.717) is 43.0 Å². The molecule has 3 rings (SSSR count). The third kappa shape index (κ3) is 3.99. The largest absolute Gasteiger partial charge is 0.492 e. The van der Waals surface area contributed by atoms with Gasteiger partial charge in [0.1, 0.15) is 10.6 Å². The lowest BCUT2D eigenvalue weighted by molar-refractivity contribution is 0.327. The second kappa shape index (κ2) is 7.89. The highest BCUT2D eigenvalue weighted by molar-refractivity contribution is 9.10. The first-order valence-corrected chi connectivity index (χ1v) is 10.6. The van der Waals surface area contributed by atoms with Gasteiger partial charge in [-0.15, -0.1) is 5.10 Å². The van der Waals surface area contributed by atoms with Gasteiger partial charge in [-0.3, -0.25) is 0 Å². The molecule has 0 aliphatic carbocycles. The van der Waals surface area contributed by atoms with E-state index in [9.17, 15) is 8.42 Å². The second-order valence-electron chi connectivity index (χ2n) is 5.95. The van der Waals surface area contributed by atoms with Gasteiger partial charge in [0.15, 0.2) is 5.82 Å². The van der Waals surface area contributed by atoms with Crippen molar-refractivity contribution in [3.05, 3.63) is 40.5 Å². The Balaban J connectivity index is 1.78. The predicted molar refractivity (Wildman–Crippen MR) is 103 cm³/mol. The van der Waals surface area contributed by atoms with Gasteiger partial charge in [0.05, 0.1) is 12.3 Å². The Morgan fingerprint density at radius 3 is 2.46 bits per heavy atom. The van der Waals surface area contributed by atoms with E-state index in [2.05, 4.69) is 26.1 Å². The van der Waals surface area contributed by atoms with Crippen LogP contribution in [0, 0.1) is 6.92 Å². The summed E-state index contributed by atoms with van der Waals surface area (Å²) in [6.45, 7) is 6.02. The van der Waals surface area contributed by atoms with Crippen molar-refractivity contribution in [1.82, 2.24) is 14.5 Å². The van der Waals surface area contributed by atoms with Gasteiger partial charge in [0.25, 0.3) is 0 Å². The van der Waals surface area contributed by atoms with E-state index < -0.39 is 10.0 Å². The normalized spacial score (nSPS) is 15.9. The average molecular weight is 441 g/mol. The average Bonchev–Trinajstić information content (AvgIpc) is 2.64. The molecule has 2 heterocycles. The van der Waals surface area contributed by atoms with Crippen LogP contribution in [0.4, 0.5) is 5.82 Å². The van der Waals surface area contributed by atoms with Crippen molar-refractivity contribution >= 4 is 31.8 Å². The third-order valence-electron chi connectivity index (χ3n) is 4.17. The molecule has 9 heteroatoms. The lowest BCUT2D eigenvalue weighted by Gasteiger charge is -2.34. The molecule has 1 aliphatic rings. The number of hydrogen-bond donors (Lipinski definition) is 0. The second-order valence-corrected chi connectivity index (χ2v) is 8.77. The smallest absolute Gasteiger partial charge is 0.246 e. The topological polar surface area (TPSA) is 75.6 Å². The van der Waals surface area contributed by atoms with Crippen molar-refractivity contribution in [1.29, 1.82) is 0 Å². The lowest BCUT2D eigenvalue weighted by atomic mass is 10.3. The molecule has 1 aliphatic heterocycles.